The number of hydrogen-bond donors (Lipinski definition) is 1. The van der Waals surface area contributed by atoms with E-state index in [1.807, 2.05) is 30.5 Å². The molecule has 0 bridgehead atoms. The number of rotatable bonds is 1. The summed E-state index contributed by atoms with van der Waals surface area (Å²) in [5.74, 6) is 0.642. The van der Waals surface area contributed by atoms with Crippen LogP contribution in [0.2, 0.25) is 0 Å². The van der Waals surface area contributed by atoms with Crippen LogP contribution in [0, 0.1) is 0 Å². The van der Waals surface area contributed by atoms with Crippen molar-refractivity contribution < 1.29 is 0 Å². The predicted octanol–water partition coefficient (Wildman–Crippen LogP) is 2.27. The van der Waals surface area contributed by atoms with Crippen molar-refractivity contribution in [1.29, 1.82) is 0 Å². The van der Waals surface area contributed by atoms with Gasteiger partial charge in [-0.2, -0.15) is 0 Å². The topological polar surface area (TPSA) is 64.7 Å². The van der Waals surface area contributed by atoms with Crippen molar-refractivity contribution in [2.45, 2.75) is 0 Å². The number of anilines is 1. The maximum absolute atomic E-state index is 5.58. The molecule has 0 amide bonds. The zero-order chi connectivity index (χ0) is 11.7. The summed E-state index contributed by atoms with van der Waals surface area (Å²) < 4.78 is 0. The molecular formula is C13H10N4. The van der Waals surface area contributed by atoms with E-state index in [9.17, 15) is 0 Å². The predicted molar refractivity (Wildman–Crippen MR) is 67.2 cm³/mol. The van der Waals surface area contributed by atoms with Gasteiger partial charge in [0.05, 0.1) is 18.1 Å². The molecule has 0 aliphatic carbocycles. The molecule has 0 radical (unpaired) electrons. The molecule has 0 saturated carbocycles. The summed E-state index contributed by atoms with van der Waals surface area (Å²) in [6, 6.07) is 8.02. The highest BCUT2D eigenvalue weighted by atomic mass is 14.9. The SMILES string of the molecule is Nc1cnc(-c2cncc3ccccc23)nc1. The molecule has 2 N–H and O–H groups in total. The zero-order valence-corrected chi connectivity index (χ0v) is 9.04. The molecule has 0 aliphatic heterocycles. The monoisotopic (exact) mass is 222 g/mol. The van der Waals surface area contributed by atoms with E-state index >= 15 is 0 Å². The molecule has 3 rings (SSSR count). The molecule has 0 spiro atoms. The van der Waals surface area contributed by atoms with Crippen LogP contribution in [0.1, 0.15) is 0 Å². The molecule has 0 atom stereocenters. The van der Waals surface area contributed by atoms with E-state index in [4.69, 9.17) is 5.73 Å². The molecule has 0 unspecified atom stereocenters. The highest BCUT2D eigenvalue weighted by Crippen LogP contribution is 2.24. The Kier molecular flexibility index (Phi) is 2.19. The summed E-state index contributed by atoms with van der Waals surface area (Å²) in [6.45, 7) is 0. The first kappa shape index (κ1) is 9.72. The minimum Gasteiger partial charge on any atom is -0.396 e. The molecule has 4 nitrogen and oxygen atoms in total. The molecule has 82 valence electrons. The second-order valence-corrected chi connectivity index (χ2v) is 3.75. The highest BCUT2D eigenvalue weighted by molar-refractivity contribution is 5.93. The van der Waals surface area contributed by atoms with Crippen LogP contribution in [0.25, 0.3) is 22.2 Å². The highest BCUT2D eigenvalue weighted by Gasteiger charge is 2.05. The number of fused-ring (bicyclic) bond motifs is 1. The molecule has 17 heavy (non-hydrogen) atoms. The number of nitrogens with zero attached hydrogens (tertiary/aromatic N) is 3. The summed E-state index contributed by atoms with van der Waals surface area (Å²) in [7, 11) is 0. The molecule has 3 aromatic rings. The van der Waals surface area contributed by atoms with Gasteiger partial charge in [0, 0.05) is 23.3 Å². The van der Waals surface area contributed by atoms with Gasteiger partial charge in [-0.1, -0.05) is 24.3 Å². The van der Waals surface area contributed by atoms with Crippen LogP contribution >= 0.6 is 0 Å². The second kappa shape index (κ2) is 3.83. The third-order valence-electron chi connectivity index (χ3n) is 2.58. The van der Waals surface area contributed by atoms with Crippen LogP contribution in [-0.2, 0) is 0 Å². The maximum atomic E-state index is 5.58. The Bertz CT molecular complexity index is 656. The molecule has 4 heteroatoms. The Morgan fingerprint density at radius 3 is 2.47 bits per heavy atom. The van der Waals surface area contributed by atoms with E-state index in [0.717, 1.165) is 16.3 Å². The number of nitrogen functional groups attached to an aromatic ring is 1. The van der Waals surface area contributed by atoms with E-state index in [2.05, 4.69) is 15.0 Å². The van der Waals surface area contributed by atoms with Crippen molar-refractivity contribution in [3.8, 4) is 11.4 Å². The van der Waals surface area contributed by atoms with Crippen LogP contribution in [-0.4, -0.2) is 15.0 Å². The Hall–Kier alpha value is -2.49. The standard InChI is InChI=1S/C13H10N4/c14-10-6-16-13(17-7-10)12-8-15-5-9-3-1-2-4-11(9)12/h1-8H,14H2. The molecule has 2 aromatic heterocycles. The zero-order valence-electron chi connectivity index (χ0n) is 9.04. The summed E-state index contributed by atoms with van der Waals surface area (Å²) in [5, 5.41) is 2.16. The summed E-state index contributed by atoms with van der Waals surface area (Å²) in [6.07, 6.45) is 6.80. The Morgan fingerprint density at radius 1 is 0.882 bits per heavy atom. The third-order valence-corrected chi connectivity index (χ3v) is 2.58. The largest absolute Gasteiger partial charge is 0.396 e. The van der Waals surface area contributed by atoms with Crippen LogP contribution in [0.5, 0.6) is 0 Å². The van der Waals surface area contributed by atoms with Gasteiger partial charge in [-0.05, 0) is 5.39 Å². The van der Waals surface area contributed by atoms with Crippen molar-refractivity contribution in [2.75, 3.05) is 5.73 Å². The first-order chi connectivity index (χ1) is 8.34. The minimum atomic E-state index is 0.557. The van der Waals surface area contributed by atoms with Gasteiger partial charge in [-0.15, -0.1) is 0 Å². The van der Waals surface area contributed by atoms with Crippen molar-refractivity contribution in [3.05, 3.63) is 49.1 Å². The molecule has 0 fully saturated rings. The van der Waals surface area contributed by atoms with Crippen molar-refractivity contribution >= 4 is 16.5 Å². The van der Waals surface area contributed by atoms with Gasteiger partial charge in [0.15, 0.2) is 5.82 Å². The second-order valence-electron chi connectivity index (χ2n) is 3.75. The average molecular weight is 222 g/mol. The minimum absolute atomic E-state index is 0.557. The molecular weight excluding hydrogens is 212 g/mol. The van der Waals surface area contributed by atoms with E-state index in [1.54, 1.807) is 18.6 Å². The first-order valence-corrected chi connectivity index (χ1v) is 5.25. The van der Waals surface area contributed by atoms with Crippen LogP contribution < -0.4 is 5.73 Å². The van der Waals surface area contributed by atoms with E-state index in [0.29, 0.717) is 11.5 Å². The lowest BCUT2D eigenvalue weighted by molar-refractivity contribution is 1.18. The fourth-order valence-corrected chi connectivity index (χ4v) is 1.77. The van der Waals surface area contributed by atoms with Gasteiger partial charge in [-0.25, -0.2) is 9.97 Å². The van der Waals surface area contributed by atoms with Crippen molar-refractivity contribution in [3.63, 3.8) is 0 Å². The number of aromatic nitrogens is 3. The molecule has 1 aromatic carbocycles. The summed E-state index contributed by atoms with van der Waals surface area (Å²) >= 11 is 0. The van der Waals surface area contributed by atoms with Gasteiger partial charge < -0.3 is 5.73 Å². The first-order valence-electron chi connectivity index (χ1n) is 5.25. The quantitative estimate of drug-likeness (QED) is 0.686. The van der Waals surface area contributed by atoms with E-state index in [1.165, 1.54) is 0 Å². The summed E-state index contributed by atoms with van der Waals surface area (Å²) in [4.78, 5) is 12.6. The van der Waals surface area contributed by atoms with Gasteiger partial charge in [0.1, 0.15) is 0 Å². The fraction of sp³-hybridized carbons (Fsp3) is 0. The number of benzene rings is 1. The fourth-order valence-electron chi connectivity index (χ4n) is 1.77. The molecule has 0 saturated heterocycles. The Balaban J connectivity index is 2.27. The van der Waals surface area contributed by atoms with E-state index < -0.39 is 0 Å². The van der Waals surface area contributed by atoms with Gasteiger partial charge in [-0.3, -0.25) is 4.98 Å². The van der Waals surface area contributed by atoms with Crippen molar-refractivity contribution in [2.24, 2.45) is 0 Å². The van der Waals surface area contributed by atoms with Crippen LogP contribution in [0.15, 0.2) is 49.1 Å². The van der Waals surface area contributed by atoms with Crippen molar-refractivity contribution in [1.82, 2.24) is 15.0 Å². The lowest BCUT2D eigenvalue weighted by Crippen LogP contribution is -1.93. The average Bonchev–Trinajstić information content (AvgIpc) is 2.39. The number of nitrogens with two attached hydrogens (primary N) is 1. The Labute approximate surface area is 98.2 Å². The maximum Gasteiger partial charge on any atom is 0.161 e. The number of hydrogen-bond acceptors (Lipinski definition) is 4. The lowest BCUT2D eigenvalue weighted by Gasteiger charge is -2.04. The van der Waals surface area contributed by atoms with Crippen LogP contribution in [0.3, 0.4) is 0 Å². The van der Waals surface area contributed by atoms with Gasteiger partial charge in [0.2, 0.25) is 0 Å². The molecule has 2 heterocycles. The summed E-state index contributed by atoms with van der Waals surface area (Å²) in [5.41, 5.74) is 7.05. The van der Waals surface area contributed by atoms with Gasteiger partial charge >= 0.3 is 0 Å². The smallest absolute Gasteiger partial charge is 0.161 e. The van der Waals surface area contributed by atoms with Crippen LogP contribution in [0.4, 0.5) is 5.69 Å². The molecule has 0 aliphatic rings. The Morgan fingerprint density at radius 2 is 1.65 bits per heavy atom. The third kappa shape index (κ3) is 1.69. The lowest BCUT2D eigenvalue weighted by atomic mass is 10.1. The van der Waals surface area contributed by atoms with E-state index in [-0.39, 0.29) is 0 Å². The van der Waals surface area contributed by atoms with Gasteiger partial charge in [0.25, 0.3) is 0 Å². The normalized spacial score (nSPS) is 10.6. The number of pyridine rings is 1.